The van der Waals surface area contributed by atoms with Crippen molar-refractivity contribution in [1.29, 1.82) is 5.26 Å². The normalized spacial score (nSPS) is 10.7. The van der Waals surface area contributed by atoms with Crippen LogP contribution in [0.5, 0.6) is 0 Å². The quantitative estimate of drug-likeness (QED) is 0.679. The average molecular weight is 304 g/mol. The zero-order valence-corrected chi connectivity index (χ0v) is 11.6. The van der Waals surface area contributed by atoms with E-state index in [1.807, 2.05) is 6.07 Å². The molecule has 0 aliphatic carbocycles. The van der Waals surface area contributed by atoms with E-state index in [0.29, 0.717) is 21.4 Å². The molecule has 1 N–H and O–H groups in total. The number of aromatic nitrogens is 2. The molecule has 1 heterocycles. The summed E-state index contributed by atoms with van der Waals surface area (Å²) in [4.78, 5) is 2.97. The summed E-state index contributed by atoms with van der Waals surface area (Å²) < 4.78 is 15.9. The molecule has 0 amide bonds. The molecule has 0 radical (unpaired) electrons. The van der Waals surface area contributed by atoms with E-state index in [1.165, 1.54) is 16.7 Å². The van der Waals surface area contributed by atoms with Crippen LogP contribution in [-0.2, 0) is 0 Å². The Hall–Kier alpha value is -2.16. The lowest BCUT2D eigenvalue weighted by molar-refractivity contribution is 0.619. The van der Waals surface area contributed by atoms with Gasteiger partial charge in [-0.25, -0.2) is 4.39 Å². The standard InChI is InChI=1S/C14H7ClFN3S/c15-9-2-1-3-10(16)13(9)19-12-6-8(7-17)4-5-11(12)18-14(19)20/h1-6H,(H,18,20). The van der Waals surface area contributed by atoms with E-state index in [4.69, 9.17) is 29.1 Å². The van der Waals surface area contributed by atoms with Crippen LogP contribution >= 0.6 is 23.8 Å². The number of hydrogen-bond donors (Lipinski definition) is 1. The summed E-state index contributed by atoms with van der Waals surface area (Å²) in [6.45, 7) is 0. The van der Waals surface area contributed by atoms with Crippen molar-refractivity contribution in [3.8, 4) is 11.8 Å². The van der Waals surface area contributed by atoms with E-state index in [9.17, 15) is 4.39 Å². The van der Waals surface area contributed by atoms with E-state index < -0.39 is 5.82 Å². The van der Waals surface area contributed by atoms with Crippen molar-refractivity contribution in [2.45, 2.75) is 0 Å². The summed E-state index contributed by atoms with van der Waals surface area (Å²) in [7, 11) is 0. The van der Waals surface area contributed by atoms with E-state index in [0.717, 1.165) is 0 Å². The molecule has 3 nitrogen and oxygen atoms in total. The lowest BCUT2D eigenvalue weighted by Gasteiger charge is -2.08. The number of nitriles is 1. The number of benzene rings is 2. The summed E-state index contributed by atoms with van der Waals surface area (Å²) in [5.41, 5.74) is 1.97. The number of rotatable bonds is 1. The first kappa shape index (κ1) is 12.9. The van der Waals surface area contributed by atoms with Gasteiger partial charge in [0.05, 0.1) is 27.7 Å². The van der Waals surface area contributed by atoms with E-state index in [2.05, 4.69) is 4.98 Å². The molecule has 6 heteroatoms. The topological polar surface area (TPSA) is 44.5 Å². The zero-order chi connectivity index (χ0) is 14.3. The molecular weight excluding hydrogens is 297 g/mol. The Kier molecular flexibility index (Phi) is 3.05. The van der Waals surface area contributed by atoms with Crippen molar-refractivity contribution < 1.29 is 4.39 Å². The molecule has 0 bridgehead atoms. The van der Waals surface area contributed by atoms with Crippen LogP contribution in [0.3, 0.4) is 0 Å². The van der Waals surface area contributed by atoms with Gasteiger partial charge in [0.2, 0.25) is 0 Å². The van der Waals surface area contributed by atoms with E-state index in [1.54, 1.807) is 24.3 Å². The average Bonchev–Trinajstić information content (AvgIpc) is 2.74. The molecule has 20 heavy (non-hydrogen) atoms. The lowest BCUT2D eigenvalue weighted by atomic mass is 10.2. The number of aromatic amines is 1. The van der Waals surface area contributed by atoms with Crippen LogP contribution in [0.15, 0.2) is 36.4 Å². The number of nitrogens with zero attached hydrogens (tertiary/aromatic N) is 2. The fourth-order valence-electron chi connectivity index (χ4n) is 2.10. The summed E-state index contributed by atoms with van der Waals surface area (Å²) in [6, 6.07) is 11.5. The van der Waals surface area contributed by atoms with Gasteiger partial charge in [0.1, 0.15) is 11.5 Å². The van der Waals surface area contributed by atoms with Gasteiger partial charge in [0.15, 0.2) is 4.77 Å². The molecule has 0 aliphatic rings. The fourth-order valence-corrected chi connectivity index (χ4v) is 2.64. The van der Waals surface area contributed by atoms with Crippen LogP contribution in [0.4, 0.5) is 4.39 Å². The highest BCUT2D eigenvalue weighted by molar-refractivity contribution is 7.71. The Balaban J connectivity index is 2.45. The second-order valence-electron chi connectivity index (χ2n) is 4.18. The molecule has 3 aromatic rings. The van der Waals surface area contributed by atoms with Gasteiger partial charge in [-0.1, -0.05) is 17.7 Å². The van der Waals surface area contributed by atoms with E-state index >= 15 is 0 Å². The first-order valence-corrected chi connectivity index (χ1v) is 6.49. The summed E-state index contributed by atoms with van der Waals surface area (Å²) >= 11 is 11.3. The largest absolute Gasteiger partial charge is 0.330 e. The highest BCUT2D eigenvalue weighted by Crippen LogP contribution is 2.28. The molecule has 1 aromatic heterocycles. The number of nitrogens with one attached hydrogen (secondary N) is 1. The molecule has 0 fully saturated rings. The maximum absolute atomic E-state index is 14.1. The Morgan fingerprint density at radius 1 is 1.30 bits per heavy atom. The second-order valence-corrected chi connectivity index (χ2v) is 4.97. The van der Waals surface area contributed by atoms with Gasteiger partial charge in [0.25, 0.3) is 0 Å². The molecule has 0 aliphatic heterocycles. The molecule has 0 spiro atoms. The maximum atomic E-state index is 14.1. The predicted octanol–water partition coefficient (Wildman–Crippen LogP) is 4.35. The van der Waals surface area contributed by atoms with Gasteiger partial charge in [-0.15, -0.1) is 0 Å². The third-order valence-corrected chi connectivity index (χ3v) is 3.56. The van der Waals surface area contributed by atoms with Gasteiger partial charge in [-0.3, -0.25) is 4.57 Å². The Labute approximate surface area is 123 Å². The second kappa shape index (κ2) is 4.75. The maximum Gasteiger partial charge on any atom is 0.182 e. The first-order chi connectivity index (χ1) is 9.61. The monoisotopic (exact) mass is 303 g/mol. The first-order valence-electron chi connectivity index (χ1n) is 5.71. The minimum absolute atomic E-state index is 0.181. The highest BCUT2D eigenvalue weighted by atomic mass is 35.5. The van der Waals surface area contributed by atoms with Crippen LogP contribution in [0.1, 0.15) is 5.56 Å². The van der Waals surface area contributed by atoms with Crippen molar-refractivity contribution in [1.82, 2.24) is 9.55 Å². The number of halogens is 2. The number of H-pyrrole nitrogens is 1. The Bertz CT molecular complexity index is 900. The summed E-state index contributed by atoms with van der Waals surface area (Å²) in [5, 5.41) is 9.23. The molecule has 0 saturated heterocycles. The van der Waals surface area contributed by atoms with Gasteiger partial charge in [-0.2, -0.15) is 5.26 Å². The Morgan fingerprint density at radius 2 is 2.10 bits per heavy atom. The zero-order valence-electron chi connectivity index (χ0n) is 10.0. The van der Waals surface area contributed by atoms with Crippen molar-refractivity contribution in [3.63, 3.8) is 0 Å². The summed E-state index contributed by atoms with van der Waals surface area (Å²) in [5.74, 6) is -0.475. The van der Waals surface area contributed by atoms with Gasteiger partial charge in [-0.05, 0) is 42.5 Å². The molecule has 2 aromatic carbocycles. The number of hydrogen-bond acceptors (Lipinski definition) is 2. The van der Waals surface area contributed by atoms with Crippen LogP contribution in [0.25, 0.3) is 16.7 Å². The van der Waals surface area contributed by atoms with Crippen LogP contribution in [0.2, 0.25) is 5.02 Å². The molecular formula is C14H7ClFN3S. The van der Waals surface area contributed by atoms with Crippen molar-refractivity contribution in [2.75, 3.05) is 0 Å². The van der Waals surface area contributed by atoms with Crippen molar-refractivity contribution >= 4 is 34.9 Å². The number of imidazole rings is 1. The Morgan fingerprint density at radius 3 is 2.80 bits per heavy atom. The van der Waals surface area contributed by atoms with Crippen molar-refractivity contribution in [2.24, 2.45) is 0 Å². The van der Waals surface area contributed by atoms with E-state index in [-0.39, 0.29) is 10.7 Å². The summed E-state index contributed by atoms with van der Waals surface area (Å²) in [6.07, 6.45) is 0. The molecule has 0 saturated carbocycles. The highest BCUT2D eigenvalue weighted by Gasteiger charge is 2.14. The van der Waals surface area contributed by atoms with Gasteiger partial charge in [0, 0.05) is 0 Å². The third kappa shape index (κ3) is 1.90. The van der Waals surface area contributed by atoms with Crippen LogP contribution in [0, 0.1) is 21.9 Å². The minimum Gasteiger partial charge on any atom is -0.330 e. The SMILES string of the molecule is N#Cc1ccc2[nH]c(=S)n(-c3c(F)cccc3Cl)c2c1. The van der Waals surface area contributed by atoms with Crippen molar-refractivity contribution in [3.05, 3.63) is 57.6 Å². The molecule has 3 rings (SSSR count). The third-order valence-electron chi connectivity index (χ3n) is 2.97. The number of fused-ring (bicyclic) bond motifs is 1. The smallest absolute Gasteiger partial charge is 0.182 e. The molecule has 98 valence electrons. The van der Waals surface area contributed by atoms with Gasteiger partial charge >= 0.3 is 0 Å². The lowest BCUT2D eigenvalue weighted by Crippen LogP contribution is -1.99. The van der Waals surface area contributed by atoms with Crippen LogP contribution < -0.4 is 0 Å². The minimum atomic E-state index is -0.475. The fraction of sp³-hybridized carbons (Fsp3) is 0. The van der Waals surface area contributed by atoms with Crippen LogP contribution in [-0.4, -0.2) is 9.55 Å². The molecule has 0 atom stereocenters. The van der Waals surface area contributed by atoms with Gasteiger partial charge < -0.3 is 4.98 Å². The number of para-hydroxylation sites is 1. The predicted molar refractivity (Wildman–Crippen MR) is 78.1 cm³/mol. The molecule has 0 unspecified atom stereocenters.